The van der Waals surface area contributed by atoms with Crippen LogP contribution in [0.25, 0.3) is 0 Å². The van der Waals surface area contributed by atoms with Gasteiger partial charge in [-0.15, -0.1) is 0 Å². The van der Waals surface area contributed by atoms with Gasteiger partial charge in [0.25, 0.3) is 0 Å². The first-order valence-corrected chi connectivity index (χ1v) is 10.3. The molecule has 0 unspecified atom stereocenters. The zero-order valence-corrected chi connectivity index (χ0v) is 17.2. The van der Waals surface area contributed by atoms with Crippen molar-refractivity contribution in [1.29, 1.82) is 0 Å². The summed E-state index contributed by atoms with van der Waals surface area (Å²) >= 11 is 8.56. The topological polar surface area (TPSA) is 121 Å². The van der Waals surface area contributed by atoms with E-state index in [1.54, 1.807) is 0 Å². The Morgan fingerprint density at radius 2 is 1.07 bits per heavy atom. The van der Waals surface area contributed by atoms with E-state index in [1.807, 2.05) is 6.08 Å². The van der Waals surface area contributed by atoms with Gasteiger partial charge in [-0.25, -0.2) is 0 Å². The molecule has 0 atom stereocenters. The minimum atomic E-state index is -3.81. The molecule has 0 radical (unpaired) electrons. The normalized spacial score (nSPS) is 9.60. The van der Waals surface area contributed by atoms with Crippen LogP contribution in [0.1, 0.15) is 0 Å². The van der Waals surface area contributed by atoms with Crippen molar-refractivity contribution in [2.45, 2.75) is 5.02 Å². The molecule has 0 amide bonds. The fourth-order valence-corrected chi connectivity index (χ4v) is 0. The maximum atomic E-state index is 7.56. The van der Waals surface area contributed by atoms with Gasteiger partial charge in [-0.2, -0.15) is 0 Å². The second-order valence-electron chi connectivity index (χ2n) is 1.60. The van der Waals surface area contributed by atoms with Crippen molar-refractivity contribution in [3.63, 3.8) is 0 Å². The van der Waals surface area contributed by atoms with E-state index < -0.39 is 13.4 Å². The summed E-state index contributed by atoms with van der Waals surface area (Å²) in [4.78, 5) is 45.3. The Kier molecular flexibility index (Phi) is 24.3. The van der Waals surface area contributed by atoms with E-state index >= 15 is 0 Å². The van der Waals surface area contributed by atoms with Crippen molar-refractivity contribution in [3.8, 4) is 0 Å². The van der Waals surface area contributed by atoms with Crippen LogP contribution in [-0.4, -0.2) is 29.4 Å². The van der Waals surface area contributed by atoms with E-state index in [9.17, 15) is 0 Å². The number of allylic oxidation sites excluding steroid dienone is 1. The smallest absolute Gasteiger partial charge is 0.319 e. The molecular weight excluding hydrogens is 389 g/mol. The van der Waals surface area contributed by atoms with Crippen LogP contribution in [-0.2, 0) is 61.4 Å². The molecule has 0 aliphatic carbocycles. The van der Waals surface area contributed by atoms with Crippen molar-refractivity contribution in [2.24, 2.45) is 0 Å². The van der Waals surface area contributed by atoms with Crippen LogP contribution in [0.4, 0.5) is 0 Å². The molecule has 0 saturated heterocycles. The van der Waals surface area contributed by atoms with Crippen LogP contribution in [0.15, 0.2) is 12.7 Å². The molecule has 0 aromatic rings. The van der Waals surface area contributed by atoms with Crippen molar-refractivity contribution in [2.75, 3.05) is 0 Å². The monoisotopic (exact) mass is 397 g/mol. The molecule has 0 spiro atoms. The fourth-order valence-electron chi connectivity index (χ4n) is 0. The summed E-state index contributed by atoms with van der Waals surface area (Å²) in [6.07, 6.45) is 1.93. The van der Waals surface area contributed by atoms with Crippen molar-refractivity contribution in [1.82, 2.24) is 0 Å². The van der Waals surface area contributed by atoms with Crippen molar-refractivity contribution in [3.05, 3.63) is 12.7 Å². The van der Waals surface area contributed by atoms with Crippen LogP contribution in [0, 0.1) is 0 Å². The maximum absolute atomic E-state index is 7.56. The predicted molar refractivity (Wildman–Crippen MR) is 56.9 cm³/mol. The van der Waals surface area contributed by atoms with Gasteiger partial charge in [-0.3, -0.25) is 0 Å². The molecule has 0 heterocycles. The molecule has 6 N–H and O–H groups in total. The van der Waals surface area contributed by atoms with Crippen molar-refractivity contribution >= 4 is 37.1 Å². The van der Waals surface area contributed by atoms with Gasteiger partial charge in [-0.05, 0) is 23.6 Å². The number of rotatable bonds is 1. The van der Waals surface area contributed by atoms with Crippen LogP contribution in [0.2, 0.25) is 5.02 Å². The molecule has 0 fully saturated rings. The quantitative estimate of drug-likeness (QED) is 0.198. The minimum absolute atomic E-state index is 0. The molecule has 0 saturated carbocycles. The first kappa shape index (κ1) is 25.8. The number of hydrogen-bond donors (Lipinski definition) is 6. The summed E-state index contributed by atoms with van der Waals surface area (Å²) in [5.41, 5.74) is 0. The summed E-state index contributed by atoms with van der Waals surface area (Å²) in [5, 5.41) is 1.21. The van der Waals surface area contributed by atoms with E-state index in [0.717, 1.165) is 0 Å². The summed E-state index contributed by atoms with van der Waals surface area (Å²) in [7, 11) is 0. The van der Waals surface area contributed by atoms with Crippen LogP contribution in [0.3, 0.4) is 0 Å². The Balaban J connectivity index is -0.0000000590. The molecule has 0 aliphatic rings. The average Bonchev–Trinajstić information content (AvgIpc) is 1.79. The van der Waals surface area contributed by atoms with Gasteiger partial charge >= 0.3 is 49.4 Å². The summed E-state index contributed by atoms with van der Waals surface area (Å²) < 4.78 is 0. The molecule has 0 aliphatic heterocycles. The van der Waals surface area contributed by atoms with Crippen molar-refractivity contribution < 1.29 is 67.1 Å². The van der Waals surface area contributed by atoms with Crippen LogP contribution in [0.5, 0.6) is 0 Å². The average molecular weight is 400 g/mol. The third-order valence-electron chi connectivity index (χ3n) is 0.204. The van der Waals surface area contributed by atoms with E-state index in [2.05, 4.69) is 30.2 Å². The second-order valence-corrected chi connectivity index (χ2v) is 7.81. The molecule has 6 nitrogen and oxygen atoms in total. The Morgan fingerprint density at radius 3 is 1.07 bits per heavy atom. The first-order chi connectivity index (χ1) is 5.91. The second kappa shape index (κ2) is 14.1. The van der Waals surface area contributed by atoms with Gasteiger partial charge in [-0.1, -0.05) is 0 Å². The van der Waals surface area contributed by atoms with E-state index in [1.165, 1.54) is 23.3 Å². The predicted octanol–water partition coefficient (Wildman–Crippen LogP) is -0.489. The molecule has 0 bridgehead atoms. The third-order valence-corrected chi connectivity index (χ3v) is 1.06. The zero-order valence-electron chi connectivity index (χ0n) is 7.80. The van der Waals surface area contributed by atoms with Gasteiger partial charge < -0.3 is 29.4 Å². The largest absolute Gasteiger partial charge is 0.325 e. The Hall–Kier alpha value is 2.05. The summed E-state index contributed by atoms with van der Waals surface area (Å²) in [6, 6.07) is 0. The zero-order chi connectivity index (χ0) is 12.4. The first-order valence-electron chi connectivity index (χ1n) is 2.88. The molecule has 0 rings (SSSR count). The van der Waals surface area contributed by atoms with Gasteiger partial charge in [0.15, 0.2) is 0 Å². The molecular formula is C3H11O6P2S2Zn2. The SMILES string of the molecule is C=C[CH2][Zn].OP(O)(O)=S.OP(O)(O)=S.[Zn]. The third kappa shape index (κ3) is 341. The van der Waals surface area contributed by atoms with Gasteiger partial charge in [0.05, 0.1) is 0 Å². The van der Waals surface area contributed by atoms with Gasteiger partial charge in [0, 0.05) is 19.5 Å². The van der Waals surface area contributed by atoms with E-state index in [0.29, 0.717) is 0 Å². The summed E-state index contributed by atoms with van der Waals surface area (Å²) in [5.74, 6) is 0. The fraction of sp³-hybridized carbons (Fsp3) is 0.333. The standard InChI is InChI=1S/C3H5.2H3O3PS.2Zn/c1-3-2;2*1-4(2,3)5;;/h3H,1-2H2;2*(H3,1,2,3,5);;. The Labute approximate surface area is 121 Å². The molecule has 12 heteroatoms. The molecule has 0 aromatic carbocycles. The Bertz CT molecular complexity index is 190. The Morgan fingerprint density at radius 1 is 1.00 bits per heavy atom. The van der Waals surface area contributed by atoms with Gasteiger partial charge in [0.1, 0.15) is 0 Å². The maximum Gasteiger partial charge on any atom is 0.319 e. The summed E-state index contributed by atoms with van der Waals surface area (Å²) in [6.45, 7) is -4.10. The molecule has 15 heavy (non-hydrogen) atoms. The van der Waals surface area contributed by atoms with Gasteiger partial charge in [0.2, 0.25) is 0 Å². The minimum Gasteiger partial charge on any atom is -0.325 e. The van der Waals surface area contributed by atoms with E-state index in [4.69, 9.17) is 29.4 Å². The molecule has 0 aromatic heterocycles. The van der Waals surface area contributed by atoms with Crippen LogP contribution < -0.4 is 0 Å². The van der Waals surface area contributed by atoms with Crippen LogP contribution >= 0.6 is 13.4 Å². The number of hydrogen-bond acceptors (Lipinski definition) is 2. The van der Waals surface area contributed by atoms with E-state index in [-0.39, 0.29) is 19.5 Å². The molecule has 85 valence electrons.